The molecule has 4 heterocycles. The number of nitrogen functional groups attached to an aromatic ring is 1. The lowest BCUT2D eigenvalue weighted by molar-refractivity contribution is -0.145. The molecule has 2 aromatic heterocycles. The van der Waals surface area contributed by atoms with Gasteiger partial charge in [-0.3, -0.25) is 33.4 Å². The maximum atomic E-state index is 13.8. The number of esters is 1. The van der Waals surface area contributed by atoms with Gasteiger partial charge in [-0.2, -0.15) is 9.37 Å². The number of H-pyrrole nitrogens is 2. The predicted octanol–water partition coefficient (Wildman–Crippen LogP) is -1.20. The van der Waals surface area contributed by atoms with Gasteiger partial charge in [0.2, 0.25) is 11.8 Å². The van der Waals surface area contributed by atoms with E-state index >= 15 is 0 Å². The topological polar surface area (TPSA) is 331 Å². The average Bonchev–Trinajstić information content (AvgIpc) is 3.48. The normalized spacial score (nSPS) is 19.9. The first-order valence-electron chi connectivity index (χ1n) is 15.5. The average molecular weight is 766 g/mol. The lowest BCUT2D eigenvalue weighted by Crippen LogP contribution is -2.41. The Kier molecular flexibility index (Phi) is 11.4. The molecule has 0 radical (unpaired) electrons. The molecule has 0 aliphatic carbocycles. The van der Waals surface area contributed by atoms with Crippen molar-refractivity contribution in [1.29, 1.82) is 0 Å². The van der Waals surface area contributed by atoms with Gasteiger partial charge in [-0.25, -0.2) is 18.9 Å². The molecule has 0 saturated carbocycles. The molecule has 5 atom stereocenters. The molecule has 0 spiro atoms. The van der Waals surface area contributed by atoms with Crippen LogP contribution in [-0.4, -0.2) is 96.2 Å². The van der Waals surface area contributed by atoms with E-state index in [0.29, 0.717) is 35.4 Å². The van der Waals surface area contributed by atoms with Gasteiger partial charge in [-0.15, -0.1) is 0 Å². The number of rotatable bonds is 14. The van der Waals surface area contributed by atoms with E-state index in [1.165, 1.54) is 12.1 Å². The van der Waals surface area contributed by atoms with Gasteiger partial charge in [-0.1, -0.05) is 6.58 Å². The number of nitrogens with one attached hydrogen (secondary N) is 6. The number of carboxylic acid groups (broad SMARTS) is 1. The summed E-state index contributed by atoms with van der Waals surface area (Å²) in [6.07, 6.45) is -4.84. The Morgan fingerprint density at radius 2 is 1.89 bits per heavy atom. The summed E-state index contributed by atoms with van der Waals surface area (Å²) in [5, 5.41) is 21.3. The number of aromatic nitrogens is 4. The second kappa shape index (κ2) is 15.8. The summed E-state index contributed by atoms with van der Waals surface area (Å²) in [6, 6.07) is 4.15. The van der Waals surface area contributed by atoms with Gasteiger partial charge in [0.1, 0.15) is 36.8 Å². The van der Waals surface area contributed by atoms with Crippen molar-refractivity contribution in [2.24, 2.45) is 0 Å². The van der Waals surface area contributed by atoms with Crippen molar-refractivity contribution < 1.29 is 52.2 Å². The molecule has 1 saturated heterocycles. The van der Waals surface area contributed by atoms with Crippen LogP contribution in [0.25, 0.3) is 0 Å². The summed E-state index contributed by atoms with van der Waals surface area (Å²) in [5.41, 5.74) is 3.25. The second-order valence-corrected chi connectivity index (χ2v) is 13.0. The van der Waals surface area contributed by atoms with Crippen molar-refractivity contribution in [3.63, 3.8) is 0 Å². The minimum atomic E-state index is -5.15. The third-order valence-corrected chi connectivity index (χ3v) is 8.46. The number of hydrogen-bond acceptors (Lipinski definition) is 15. The third-order valence-electron chi connectivity index (χ3n) is 7.91. The van der Waals surface area contributed by atoms with Crippen molar-refractivity contribution >= 4 is 48.8 Å². The molecule has 11 N–H and O–H groups in total. The monoisotopic (exact) mass is 765 g/mol. The molecule has 1 unspecified atom stereocenters. The maximum absolute atomic E-state index is 13.8. The Hall–Kier alpha value is -5.87. The molecule has 1 aromatic carbocycles. The zero-order valence-electron chi connectivity index (χ0n) is 27.2. The standard InChI is InChI=1S/C29H33FN9O13P/c1-12(27(45)50-11-19-18(52-53(47,48)49)7-20(51-19)39-10-16(30)24(41)38-29(39)46)6-17(26(43)44)35-23(40)13-2-4-14(5-3-13)32-8-15-9-33-22-21(34-15)25(42)37-28(31)36-22/h2-5,10,15,17-20,32,34H,1,6-9,11H2,(H,35,40)(H,43,44)(H,38,41,46)(H2,47,48,49)(H4,31,33,36,37,42)/t15?,17-,18-,19+,20+/m0/s1. The number of hydrogen-bond donors (Lipinski definition) is 10. The molecule has 53 heavy (non-hydrogen) atoms. The van der Waals surface area contributed by atoms with Crippen LogP contribution in [0.15, 0.2) is 57.0 Å². The van der Waals surface area contributed by atoms with Gasteiger partial charge in [0.05, 0.1) is 12.2 Å². The minimum Gasteiger partial charge on any atom is -0.480 e. The van der Waals surface area contributed by atoms with Crippen molar-refractivity contribution in [2.45, 2.75) is 43.4 Å². The van der Waals surface area contributed by atoms with Crippen molar-refractivity contribution in [1.82, 2.24) is 24.8 Å². The molecular formula is C29H33FN9O13P. The van der Waals surface area contributed by atoms with Crippen LogP contribution < -0.4 is 43.8 Å². The van der Waals surface area contributed by atoms with Crippen molar-refractivity contribution in [2.75, 3.05) is 41.4 Å². The van der Waals surface area contributed by atoms with E-state index in [0.717, 1.165) is 0 Å². The number of aromatic amines is 2. The molecule has 284 valence electrons. The number of halogens is 1. The molecule has 22 nitrogen and oxygen atoms in total. The van der Waals surface area contributed by atoms with Gasteiger partial charge < -0.3 is 51.4 Å². The Balaban J connectivity index is 1.13. The fourth-order valence-corrected chi connectivity index (χ4v) is 5.92. The first kappa shape index (κ1) is 38.4. The first-order valence-corrected chi connectivity index (χ1v) is 17.0. The number of amides is 1. The van der Waals surface area contributed by atoms with E-state index in [-0.39, 0.29) is 23.2 Å². The highest BCUT2D eigenvalue weighted by atomic mass is 31.2. The zero-order valence-corrected chi connectivity index (χ0v) is 28.1. The molecule has 5 rings (SSSR count). The van der Waals surface area contributed by atoms with Crippen LogP contribution in [0.4, 0.5) is 27.5 Å². The van der Waals surface area contributed by atoms with Crippen LogP contribution in [0, 0.1) is 5.82 Å². The third kappa shape index (κ3) is 9.72. The van der Waals surface area contributed by atoms with Crippen molar-refractivity contribution in [3.05, 3.63) is 85.2 Å². The molecule has 2 aliphatic heterocycles. The molecule has 2 aliphatic rings. The fourth-order valence-electron chi connectivity index (χ4n) is 5.35. The molecule has 0 bridgehead atoms. The lowest BCUT2D eigenvalue weighted by Gasteiger charge is -2.27. The Labute approximate surface area is 295 Å². The van der Waals surface area contributed by atoms with E-state index in [1.54, 1.807) is 17.1 Å². The maximum Gasteiger partial charge on any atom is 0.469 e. The number of aliphatic carboxylic acids is 1. The number of carbonyl (C=O) groups excluding carboxylic acids is 2. The van der Waals surface area contributed by atoms with Crippen LogP contribution in [0.3, 0.4) is 0 Å². The van der Waals surface area contributed by atoms with Crippen LogP contribution in [0.2, 0.25) is 0 Å². The number of anilines is 4. The highest BCUT2D eigenvalue weighted by Gasteiger charge is 2.42. The summed E-state index contributed by atoms with van der Waals surface area (Å²) < 4.78 is 41.3. The Bertz CT molecular complexity index is 2140. The van der Waals surface area contributed by atoms with E-state index in [2.05, 4.69) is 37.8 Å². The van der Waals surface area contributed by atoms with E-state index in [1.807, 2.05) is 0 Å². The molecule has 3 aromatic rings. The number of nitrogens with zero attached hydrogens (tertiary/aromatic N) is 2. The van der Waals surface area contributed by atoms with Gasteiger partial charge in [0.25, 0.3) is 17.0 Å². The largest absolute Gasteiger partial charge is 0.480 e. The molecule has 1 amide bonds. The van der Waals surface area contributed by atoms with Gasteiger partial charge in [0.15, 0.2) is 5.82 Å². The van der Waals surface area contributed by atoms with Gasteiger partial charge in [-0.05, 0) is 24.3 Å². The van der Waals surface area contributed by atoms with Crippen LogP contribution in [0.1, 0.15) is 29.4 Å². The minimum absolute atomic E-state index is 0.0208. The summed E-state index contributed by atoms with van der Waals surface area (Å²) >= 11 is 0. The van der Waals surface area contributed by atoms with E-state index in [9.17, 15) is 52.6 Å². The summed E-state index contributed by atoms with van der Waals surface area (Å²) in [4.78, 5) is 100. The number of fused-ring (bicyclic) bond motifs is 1. The number of ether oxygens (including phenoxy) is 2. The van der Waals surface area contributed by atoms with Gasteiger partial charge in [0, 0.05) is 42.8 Å². The lowest BCUT2D eigenvalue weighted by atomic mass is 10.1. The quantitative estimate of drug-likeness (QED) is 0.0523. The zero-order chi connectivity index (χ0) is 38.6. The second-order valence-electron chi connectivity index (χ2n) is 11.8. The predicted molar refractivity (Wildman–Crippen MR) is 180 cm³/mol. The summed E-state index contributed by atoms with van der Waals surface area (Å²) in [6.45, 7) is 3.56. The van der Waals surface area contributed by atoms with Gasteiger partial charge >= 0.3 is 25.5 Å². The summed E-state index contributed by atoms with van der Waals surface area (Å²) in [5.74, 6) is -4.49. The number of phosphoric ester groups is 1. The Morgan fingerprint density at radius 3 is 2.57 bits per heavy atom. The summed E-state index contributed by atoms with van der Waals surface area (Å²) in [7, 11) is -5.15. The van der Waals surface area contributed by atoms with Crippen LogP contribution >= 0.6 is 7.82 Å². The van der Waals surface area contributed by atoms with E-state index in [4.69, 9.17) is 19.7 Å². The fraction of sp³-hybridized carbons (Fsp3) is 0.345. The Morgan fingerprint density at radius 1 is 1.17 bits per heavy atom. The molecule has 24 heteroatoms. The van der Waals surface area contributed by atoms with E-state index < -0.39 is 97.8 Å². The smallest absolute Gasteiger partial charge is 0.469 e. The van der Waals surface area contributed by atoms with Crippen LogP contribution in [0.5, 0.6) is 0 Å². The SMILES string of the molecule is C=C(C[C@H](NC(=O)c1ccc(NCC2CNc3nc(N)[nH]c(=O)c3N2)cc1)C(=O)O)C(=O)OC[C@H]1O[C@@H](n2cc(F)c(=O)[nH]c2=O)C[C@@H]1OP(=O)(O)O. The number of carboxylic acids is 1. The first-order chi connectivity index (χ1) is 25.0. The molecule has 1 fully saturated rings. The highest BCUT2D eigenvalue weighted by Crippen LogP contribution is 2.43. The molecular weight excluding hydrogens is 732 g/mol. The number of nitrogens with two attached hydrogens (primary N) is 1. The number of carbonyl (C=O) groups is 3. The van der Waals surface area contributed by atoms with Crippen molar-refractivity contribution in [3.8, 4) is 0 Å². The number of phosphoric acid groups is 1. The highest BCUT2D eigenvalue weighted by molar-refractivity contribution is 7.46. The van der Waals surface area contributed by atoms with Crippen LogP contribution in [-0.2, 0) is 28.2 Å². The number of benzene rings is 1.